The summed E-state index contributed by atoms with van der Waals surface area (Å²) >= 11 is 0. The van der Waals surface area contributed by atoms with E-state index in [1.165, 1.54) is 5.06 Å². The van der Waals surface area contributed by atoms with Crippen LogP contribution in [0, 0.1) is 11.8 Å². The molecule has 2 atom stereocenters. The van der Waals surface area contributed by atoms with Crippen LogP contribution in [0.1, 0.15) is 36.0 Å². The number of hydroxylamine groups is 2. The number of nitrogens with zero attached hydrogens (tertiary/aromatic N) is 2. The molecule has 0 saturated carbocycles. The zero-order chi connectivity index (χ0) is 19.9. The van der Waals surface area contributed by atoms with Crippen molar-refractivity contribution < 1.29 is 14.3 Å². The molecule has 3 aliphatic heterocycles. The quantitative estimate of drug-likeness (QED) is 0.702. The maximum absolute atomic E-state index is 6.45. The highest BCUT2D eigenvalue weighted by Crippen LogP contribution is 2.51. The van der Waals surface area contributed by atoms with Gasteiger partial charge in [-0.1, -0.05) is 30.0 Å². The molecule has 5 rings (SSSR count). The lowest BCUT2D eigenvalue weighted by molar-refractivity contribution is -0.216. The number of benzene rings is 2. The molecule has 6 nitrogen and oxygen atoms in total. The fourth-order valence-electron chi connectivity index (χ4n) is 4.25. The standard InChI is InChI=1S/C23H23N3O3/c1-26-21(24)25-23(29-26)15-22(12-5-13-27-16-22)28-20-11-10-18(14-19(20)23)9-8-17-6-3-2-4-7-17/h2-4,6-7,10-11,14H,5,12-13,15-16H2,1H3,(H2,24,25). The Hall–Kier alpha value is -3.01. The van der Waals surface area contributed by atoms with Gasteiger partial charge < -0.3 is 15.2 Å². The molecule has 3 aliphatic rings. The highest BCUT2D eigenvalue weighted by atomic mass is 16.7. The first-order valence-electron chi connectivity index (χ1n) is 9.84. The zero-order valence-electron chi connectivity index (χ0n) is 16.4. The van der Waals surface area contributed by atoms with E-state index in [4.69, 9.17) is 25.0 Å². The summed E-state index contributed by atoms with van der Waals surface area (Å²) in [5.74, 6) is 7.53. The SMILES string of the molecule is CN1OC2(CC3(CCCOC3)Oc3ccc(C#Cc4ccccc4)cc32)N=C1N. The largest absolute Gasteiger partial charge is 0.484 e. The molecule has 0 aliphatic carbocycles. The Balaban J connectivity index is 1.57. The summed E-state index contributed by atoms with van der Waals surface area (Å²) in [7, 11) is 1.77. The second-order valence-corrected chi connectivity index (χ2v) is 7.79. The molecule has 0 amide bonds. The molecule has 0 bridgehead atoms. The van der Waals surface area contributed by atoms with Crippen LogP contribution in [0.4, 0.5) is 0 Å². The fourth-order valence-corrected chi connectivity index (χ4v) is 4.25. The monoisotopic (exact) mass is 389 g/mol. The van der Waals surface area contributed by atoms with E-state index >= 15 is 0 Å². The van der Waals surface area contributed by atoms with Crippen molar-refractivity contribution in [2.75, 3.05) is 20.3 Å². The Bertz CT molecular complexity index is 1020. The van der Waals surface area contributed by atoms with Gasteiger partial charge in [0.05, 0.1) is 12.2 Å². The third-order valence-corrected chi connectivity index (χ3v) is 5.61. The first-order valence-corrected chi connectivity index (χ1v) is 9.84. The van der Waals surface area contributed by atoms with E-state index in [2.05, 4.69) is 11.8 Å². The summed E-state index contributed by atoms with van der Waals surface area (Å²) in [6, 6.07) is 15.8. The number of ether oxygens (including phenoxy) is 2. The van der Waals surface area contributed by atoms with Crippen LogP contribution in [0.3, 0.4) is 0 Å². The summed E-state index contributed by atoms with van der Waals surface area (Å²) < 4.78 is 12.2. The third-order valence-electron chi connectivity index (χ3n) is 5.61. The molecule has 148 valence electrons. The molecule has 29 heavy (non-hydrogen) atoms. The van der Waals surface area contributed by atoms with Crippen molar-refractivity contribution in [2.24, 2.45) is 10.7 Å². The minimum atomic E-state index is -0.919. The zero-order valence-corrected chi connectivity index (χ0v) is 16.4. The Morgan fingerprint density at radius 3 is 2.66 bits per heavy atom. The Morgan fingerprint density at radius 1 is 1.10 bits per heavy atom. The van der Waals surface area contributed by atoms with Crippen molar-refractivity contribution in [2.45, 2.75) is 30.6 Å². The van der Waals surface area contributed by atoms with Gasteiger partial charge in [-0.3, -0.25) is 0 Å². The van der Waals surface area contributed by atoms with E-state index in [9.17, 15) is 0 Å². The van der Waals surface area contributed by atoms with Gasteiger partial charge in [0.25, 0.3) is 0 Å². The molecule has 0 radical (unpaired) electrons. The lowest BCUT2D eigenvalue weighted by Crippen LogP contribution is -2.53. The smallest absolute Gasteiger partial charge is 0.222 e. The van der Waals surface area contributed by atoms with Crippen LogP contribution >= 0.6 is 0 Å². The van der Waals surface area contributed by atoms with Gasteiger partial charge in [-0.2, -0.15) is 0 Å². The van der Waals surface area contributed by atoms with Crippen LogP contribution in [0.25, 0.3) is 0 Å². The van der Waals surface area contributed by atoms with E-state index < -0.39 is 11.3 Å². The molecule has 0 aromatic heterocycles. The number of nitrogens with two attached hydrogens (primary N) is 1. The molecule has 3 heterocycles. The number of aliphatic imine (C=N–C) groups is 1. The number of fused-ring (bicyclic) bond motifs is 2. The van der Waals surface area contributed by atoms with E-state index in [1.54, 1.807) is 7.05 Å². The number of rotatable bonds is 0. The summed E-state index contributed by atoms with van der Waals surface area (Å²) in [4.78, 5) is 10.9. The summed E-state index contributed by atoms with van der Waals surface area (Å²) in [5, 5.41) is 1.52. The Morgan fingerprint density at radius 2 is 1.93 bits per heavy atom. The van der Waals surface area contributed by atoms with Crippen LogP contribution in [-0.4, -0.2) is 36.9 Å². The van der Waals surface area contributed by atoms with Gasteiger partial charge in [0, 0.05) is 31.2 Å². The first kappa shape index (κ1) is 18.0. The van der Waals surface area contributed by atoms with Gasteiger partial charge in [0.2, 0.25) is 11.7 Å². The maximum atomic E-state index is 6.45. The van der Waals surface area contributed by atoms with Crippen molar-refractivity contribution in [3.05, 3.63) is 65.2 Å². The molecule has 6 heteroatoms. The molecule has 1 fully saturated rings. The lowest BCUT2D eigenvalue weighted by atomic mass is 9.81. The second-order valence-electron chi connectivity index (χ2n) is 7.79. The third kappa shape index (κ3) is 3.23. The van der Waals surface area contributed by atoms with Gasteiger partial charge >= 0.3 is 0 Å². The number of hydrogen-bond donors (Lipinski definition) is 1. The summed E-state index contributed by atoms with van der Waals surface area (Å²) in [6.45, 7) is 1.28. The predicted octanol–water partition coefficient (Wildman–Crippen LogP) is 2.76. The van der Waals surface area contributed by atoms with Crippen molar-refractivity contribution >= 4 is 5.96 Å². The minimum Gasteiger partial charge on any atom is -0.484 e. The van der Waals surface area contributed by atoms with Crippen LogP contribution in [0.15, 0.2) is 53.5 Å². The Kier molecular flexibility index (Phi) is 4.23. The average molecular weight is 389 g/mol. The van der Waals surface area contributed by atoms with Gasteiger partial charge in [0.1, 0.15) is 11.4 Å². The van der Waals surface area contributed by atoms with Crippen LogP contribution < -0.4 is 10.5 Å². The van der Waals surface area contributed by atoms with Crippen LogP contribution in [-0.2, 0) is 15.3 Å². The number of guanidine groups is 1. The number of hydrogen-bond acceptors (Lipinski definition) is 6. The molecule has 2 unspecified atom stereocenters. The lowest BCUT2D eigenvalue weighted by Gasteiger charge is -2.46. The van der Waals surface area contributed by atoms with E-state index in [0.29, 0.717) is 19.0 Å². The van der Waals surface area contributed by atoms with E-state index in [1.807, 2.05) is 48.5 Å². The molecular formula is C23H23N3O3. The van der Waals surface area contributed by atoms with Crippen molar-refractivity contribution in [1.29, 1.82) is 0 Å². The molecule has 1 saturated heterocycles. The van der Waals surface area contributed by atoms with Gasteiger partial charge in [0.15, 0.2) is 0 Å². The molecule has 2 aromatic rings. The van der Waals surface area contributed by atoms with E-state index in [0.717, 1.165) is 41.9 Å². The average Bonchev–Trinajstić information content (AvgIpc) is 3.01. The highest BCUT2D eigenvalue weighted by Gasteiger charge is 2.55. The normalized spacial score (nSPS) is 27.8. The molecular weight excluding hydrogens is 366 g/mol. The predicted molar refractivity (Wildman–Crippen MR) is 109 cm³/mol. The minimum absolute atomic E-state index is 0.352. The topological polar surface area (TPSA) is 69.3 Å². The molecule has 2 aromatic carbocycles. The molecule has 2 spiro atoms. The van der Waals surface area contributed by atoms with Crippen LogP contribution in [0.5, 0.6) is 5.75 Å². The summed E-state index contributed by atoms with van der Waals surface area (Å²) in [6.07, 6.45) is 2.39. The van der Waals surface area contributed by atoms with Crippen molar-refractivity contribution in [3.8, 4) is 17.6 Å². The van der Waals surface area contributed by atoms with Gasteiger partial charge in [-0.05, 0) is 43.2 Å². The first-order chi connectivity index (χ1) is 14.1. The molecule has 2 N–H and O–H groups in total. The fraction of sp³-hybridized carbons (Fsp3) is 0.348. The van der Waals surface area contributed by atoms with Crippen LogP contribution in [0.2, 0.25) is 0 Å². The Labute approximate surface area is 170 Å². The summed E-state index contributed by atoms with van der Waals surface area (Å²) in [5.41, 5.74) is 7.39. The van der Waals surface area contributed by atoms with Gasteiger partial charge in [-0.15, -0.1) is 0 Å². The van der Waals surface area contributed by atoms with Crippen molar-refractivity contribution in [3.63, 3.8) is 0 Å². The van der Waals surface area contributed by atoms with Gasteiger partial charge in [-0.25, -0.2) is 14.9 Å². The maximum Gasteiger partial charge on any atom is 0.222 e. The highest BCUT2D eigenvalue weighted by molar-refractivity contribution is 5.79. The van der Waals surface area contributed by atoms with E-state index in [-0.39, 0.29) is 0 Å². The van der Waals surface area contributed by atoms with Crippen molar-refractivity contribution in [1.82, 2.24) is 5.06 Å². The second kappa shape index (κ2) is 6.80.